The summed E-state index contributed by atoms with van der Waals surface area (Å²) >= 11 is 1.25. The lowest BCUT2D eigenvalue weighted by atomic mass is 10.1. The number of nitro benzene ring substituents is 1. The minimum Gasteiger partial charge on any atom is -0.396 e. The zero-order valence-electron chi connectivity index (χ0n) is 20.0. The summed E-state index contributed by atoms with van der Waals surface area (Å²) in [4.78, 5) is 30.3. The van der Waals surface area contributed by atoms with Gasteiger partial charge in [-0.1, -0.05) is 6.07 Å². The lowest BCUT2D eigenvalue weighted by molar-refractivity contribution is -0.387. The molecule has 2 aliphatic heterocycles. The van der Waals surface area contributed by atoms with Gasteiger partial charge in [0.1, 0.15) is 0 Å². The van der Waals surface area contributed by atoms with Gasteiger partial charge in [0.2, 0.25) is 11.9 Å². The Hall–Kier alpha value is -2.99. The first kappa shape index (κ1) is 25.1. The summed E-state index contributed by atoms with van der Waals surface area (Å²) in [5.41, 5.74) is 0.591. The quantitative estimate of drug-likeness (QED) is 0.237. The molecule has 2 aliphatic rings. The van der Waals surface area contributed by atoms with E-state index in [1.54, 1.807) is 30.4 Å². The molecule has 1 N–H and O–H groups in total. The number of hydrogen-bond acceptors (Lipinski definition) is 11. The molecule has 2 aromatic rings. The van der Waals surface area contributed by atoms with Crippen LogP contribution < -0.4 is 14.8 Å². The smallest absolute Gasteiger partial charge is 0.283 e. The molecule has 0 spiro atoms. The molecule has 0 bridgehead atoms. The number of aliphatic hydroxyl groups excluding tert-OH is 1. The number of piperidine rings is 2. The Morgan fingerprint density at radius 3 is 2.20 bits per heavy atom. The first-order valence-corrected chi connectivity index (χ1v) is 13.1. The van der Waals surface area contributed by atoms with Crippen LogP contribution in [0.15, 0.2) is 28.2 Å². The minimum absolute atomic E-state index is 0.00464. The Balaban J connectivity index is 1.58. The fraction of sp³-hybridized carbons (Fsp3) is 0.565. The number of aliphatic hydroxyl groups is 1. The van der Waals surface area contributed by atoms with Gasteiger partial charge < -0.3 is 14.9 Å². The molecule has 188 valence electrons. The molecule has 2 fully saturated rings. The van der Waals surface area contributed by atoms with Crippen molar-refractivity contribution in [1.29, 1.82) is 0 Å². The number of rotatable bonds is 9. The molecule has 0 atom stereocenters. The lowest BCUT2D eigenvalue weighted by Gasteiger charge is -2.30. The number of hydrogen-bond donors (Lipinski definition) is 1. The first-order chi connectivity index (χ1) is 17.0. The SMILES string of the molecule is CN(/N=C\c1ccc(SCCO)c([N+](=O)[O-])c1)c1nc(N2CCCCC2)nc(N2CCCCC2)n1. The zero-order valence-corrected chi connectivity index (χ0v) is 20.9. The minimum atomic E-state index is -0.414. The monoisotopic (exact) mass is 500 g/mol. The summed E-state index contributed by atoms with van der Waals surface area (Å²) in [7, 11) is 1.77. The van der Waals surface area contributed by atoms with E-state index in [1.165, 1.54) is 30.7 Å². The Morgan fingerprint density at radius 2 is 1.66 bits per heavy atom. The fourth-order valence-corrected chi connectivity index (χ4v) is 4.96. The standard InChI is InChI=1S/C23H32N8O3S/c1-28(24-17-18-8-9-20(35-15-14-32)19(16-18)31(33)34)21-25-22(29-10-4-2-5-11-29)27-23(26-21)30-12-6-3-7-13-30/h8-9,16-17,32H,2-7,10-15H2,1H3/b24-17-. The van der Waals surface area contributed by atoms with E-state index in [0.717, 1.165) is 51.9 Å². The molecule has 35 heavy (non-hydrogen) atoms. The highest BCUT2D eigenvalue weighted by Gasteiger charge is 2.21. The molecule has 4 rings (SSSR count). The van der Waals surface area contributed by atoms with Gasteiger partial charge in [0, 0.05) is 50.6 Å². The van der Waals surface area contributed by atoms with Crippen molar-refractivity contribution in [3.63, 3.8) is 0 Å². The maximum Gasteiger partial charge on any atom is 0.283 e. The number of thioether (sulfide) groups is 1. The van der Waals surface area contributed by atoms with Gasteiger partial charge in [-0.05, 0) is 44.6 Å². The summed E-state index contributed by atoms with van der Waals surface area (Å²) < 4.78 is 0. The van der Waals surface area contributed by atoms with Gasteiger partial charge in [-0.2, -0.15) is 20.1 Å². The van der Waals surface area contributed by atoms with E-state index in [1.807, 2.05) is 0 Å². The number of benzene rings is 1. The van der Waals surface area contributed by atoms with Crippen LogP contribution in [0, 0.1) is 10.1 Å². The molecule has 3 heterocycles. The van der Waals surface area contributed by atoms with Gasteiger partial charge in [-0.3, -0.25) is 10.1 Å². The van der Waals surface area contributed by atoms with Crippen LogP contribution in [0.4, 0.5) is 23.5 Å². The molecule has 0 saturated carbocycles. The van der Waals surface area contributed by atoms with Crippen LogP contribution in [0.3, 0.4) is 0 Å². The predicted molar refractivity (Wildman–Crippen MR) is 139 cm³/mol. The molecule has 12 heteroatoms. The van der Waals surface area contributed by atoms with Crippen LogP contribution in [0.25, 0.3) is 0 Å². The molecule has 0 unspecified atom stereocenters. The maximum absolute atomic E-state index is 11.5. The molecule has 11 nitrogen and oxygen atoms in total. The van der Waals surface area contributed by atoms with Gasteiger partial charge in [0.15, 0.2) is 0 Å². The lowest BCUT2D eigenvalue weighted by Crippen LogP contribution is -2.35. The van der Waals surface area contributed by atoms with Crippen molar-refractivity contribution in [2.45, 2.75) is 43.4 Å². The van der Waals surface area contributed by atoms with Crippen LogP contribution >= 0.6 is 11.8 Å². The highest BCUT2D eigenvalue weighted by molar-refractivity contribution is 7.99. The highest BCUT2D eigenvalue weighted by Crippen LogP contribution is 2.30. The summed E-state index contributed by atoms with van der Waals surface area (Å²) in [6.45, 7) is 3.68. The van der Waals surface area contributed by atoms with E-state index in [9.17, 15) is 10.1 Å². The van der Waals surface area contributed by atoms with E-state index in [0.29, 0.717) is 34.1 Å². The predicted octanol–water partition coefficient (Wildman–Crippen LogP) is 3.32. The van der Waals surface area contributed by atoms with Gasteiger partial charge in [-0.25, -0.2) is 5.01 Å². The van der Waals surface area contributed by atoms with Gasteiger partial charge in [-0.15, -0.1) is 11.8 Å². The maximum atomic E-state index is 11.5. The van der Waals surface area contributed by atoms with Crippen LogP contribution in [-0.2, 0) is 0 Å². The molecule has 0 aliphatic carbocycles. The highest BCUT2D eigenvalue weighted by atomic mass is 32.2. The van der Waals surface area contributed by atoms with Crippen molar-refractivity contribution in [3.05, 3.63) is 33.9 Å². The van der Waals surface area contributed by atoms with Crippen molar-refractivity contribution in [2.75, 3.05) is 60.4 Å². The molecule has 1 aromatic carbocycles. The van der Waals surface area contributed by atoms with Crippen LogP contribution in [0.5, 0.6) is 0 Å². The van der Waals surface area contributed by atoms with E-state index >= 15 is 0 Å². The molecule has 0 radical (unpaired) electrons. The Labute approximate surface area is 209 Å². The number of nitro groups is 1. The largest absolute Gasteiger partial charge is 0.396 e. The Kier molecular flexibility index (Phi) is 8.69. The van der Waals surface area contributed by atoms with Crippen molar-refractivity contribution >= 4 is 41.5 Å². The molecular formula is C23H32N8O3S. The van der Waals surface area contributed by atoms with Gasteiger partial charge in [0.25, 0.3) is 11.6 Å². The number of hydrazone groups is 1. The second kappa shape index (κ2) is 12.1. The Bertz CT molecular complexity index is 1010. The van der Waals surface area contributed by atoms with E-state index in [2.05, 4.69) is 14.9 Å². The zero-order chi connectivity index (χ0) is 24.6. The van der Waals surface area contributed by atoms with Gasteiger partial charge >= 0.3 is 0 Å². The molecular weight excluding hydrogens is 468 g/mol. The van der Waals surface area contributed by atoms with E-state index in [-0.39, 0.29) is 12.3 Å². The summed E-state index contributed by atoms with van der Waals surface area (Å²) in [5.74, 6) is 2.20. The second-order valence-corrected chi connectivity index (χ2v) is 9.79. The van der Waals surface area contributed by atoms with Crippen molar-refractivity contribution in [1.82, 2.24) is 15.0 Å². The molecule has 0 amide bonds. The third-order valence-corrected chi connectivity index (χ3v) is 7.12. The first-order valence-electron chi connectivity index (χ1n) is 12.1. The summed E-state index contributed by atoms with van der Waals surface area (Å²) in [6, 6.07) is 4.95. The topological polar surface area (TPSA) is 124 Å². The third kappa shape index (κ3) is 6.57. The number of aromatic nitrogens is 3. The average Bonchev–Trinajstić information content (AvgIpc) is 2.91. The van der Waals surface area contributed by atoms with Crippen LogP contribution in [0.2, 0.25) is 0 Å². The van der Waals surface area contributed by atoms with Crippen LogP contribution in [-0.4, -0.2) is 76.8 Å². The number of nitrogens with zero attached hydrogens (tertiary/aromatic N) is 8. The normalized spacial score (nSPS) is 16.6. The Morgan fingerprint density at radius 1 is 1.06 bits per heavy atom. The van der Waals surface area contributed by atoms with Crippen LogP contribution in [0.1, 0.15) is 44.1 Å². The van der Waals surface area contributed by atoms with E-state index < -0.39 is 4.92 Å². The average molecular weight is 501 g/mol. The number of anilines is 3. The van der Waals surface area contributed by atoms with Gasteiger partial charge in [0.05, 0.1) is 22.6 Å². The molecule has 1 aromatic heterocycles. The summed E-state index contributed by atoms with van der Waals surface area (Å²) in [6.07, 6.45) is 8.51. The summed E-state index contributed by atoms with van der Waals surface area (Å²) in [5, 5.41) is 26.6. The third-order valence-electron chi connectivity index (χ3n) is 6.08. The second-order valence-electron chi connectivity index (χ2n) is 8.66. The van der Waals surface area contributed by atoms with Crippen molar-refractivity contribution in [2.24, 2.45) is 5.10 Å². The van der Waals surface area contributed by atoms with E-state index in [4.69, 9.17) is 20.1 Å². The molecule has 2 saturated heterocycles. The van der Waals surface area contributed by atoms with Crippen molar-refractivity contribution in [3.8, 4) is 0 Å². The fourth-order valence-electron chi connectivity index (χ4n) is 4.20. The van der Waals surface area contributed by atoms with Crippen molar-refractivity contribution < 1.29 is 10.0 Å².